The third kappa shape index (κ3) is 3.00. The van der Waals surface area contributed by atoms with Gasteiger partial charge in [-0.05, 0) is 19.1 Å². The van der Waals surface area contributed by atoms with Crippen molar-refractivity contribution in [3.63, 3.8) is 0 Å². The molecule has 0 aromatic heterocycles. The van der Waals surface area contributed by atoms with E-state index in [1.807, 2.05) is 0 Å². The van der Waals surface area contributed by atoms with Crippen molar-refractivity contribution >= 4 is 15.7 Å². The van der Waals surface area contributed by atoms with E-state index < -0.39 is 32.4 Å². The highest BCUT2D eigenvalue weighted by Gasteiger charge is 2.27. The van der Waals surface area contributed by atoms with Gasteiger partial charge in [-0.3, -0.25) is 10.1 Å². The molecule has 0 saturated heterocycles. The molecule has 0 saturated carbocycles. The molecule has 0 aliphatic heterocycles. The maximum atomic E-state index is 12.1. The van der Waals surface area contributed by atoms with Crippen LogP contribution in [0.5, 0.6) is 5.75 Å². The minimum atomic E-state index is -3.97. The Morgan fingerprint density at radius 3 is 2.53 bits per heavy atom. The number of hydrogen-bond acceptors (Lipinski definition) is 6. The summed E-state index contributed by atoms with van der Waals surface area (Å²) in [5.41, 5.74) is -0.689. The minimum absolute atomic E-state index is 0.320. The second-order valence-electron chi connectivity index (χ2n) is 3.96. The summed E-state index contributed by atoms with van der Waals surface area (Å²) in [4.78, 5) is 9.47. The summed E-state index contributed by atoms with van der Waals surface area (Å²) < 4.78 is 25.2. The highest BCUT2D eigenvalue weighted by molar-refractivity contribution is 7.89. The molecule has 1 rings (SSSR count). The summed E-state index contributed by atoms with van der Waals surface area (Å²) in [5.74, 6) is -0.609. The summed E-state index contributed by atoms with van der Waals surface area (Å²) in [6, 6.07) is 2.13. The highest BCUT2D eigenvalue weighted by atomic mass is 32.2. The van der Waals surface area contributed by atoms with Gasteiger partial charge in [0.25, 0.3) is 0 Å². The molecule has 0 fully saturated rings. The molecule has 2 N–H and O–H groups in total. The number of nitro groups is 1. The predicted octanol–water partition coefficient (Wildman–Crippen LogP) is 0.302. The van der Waals surface area contributed by atoms with Gasteiger partial charge in [-0.25, -0.2) is 8.42 Å². The van der Waals surface area contributed by atoms with Crippen LogP contribution in [0.2, 0.25) is 0 Å². The summed E-state index contributed by atoms with van der Waals surface area (Å²) in [6.07, 6.45) is 0. The van der Waals surface area contributed by atoms with Gasteiger partial charge in [0.1, 0.15) is 0 Å². The Balaban J connectivity index is 3.30. The number of aliphatic hydroxyl groups excluding tert-OH is 1. The van der Waals surface area contributed by atoms with Crippen LogP contribution in [0.1, 0.15) is 6.92 Å². The van der Waals surface area contributed by atoms with Gasteiger partial charge in [0.05, 0.1) is 16.4 Å². The van der Waals surface area contributed by atoms with Crippen molar-refractivity contribution in [1.82, 2.24) is 4.31 Å². The lowest BCUT2D eigenvalue weighted by molar-refractivity contribution is -0.386. The van der Waals surface area contributed by atoms with Crippen LogP contribution in [0, 0.1) is 10.1 Å². The van der Waals surface area contributed by atoms with E-state index >= 15 is 0 Å². The number of sulfonamides is 1. The summed E-state index contributed by atoms with van der Waals surface area (Å²) in [5, 5.41) is 28.9. The summed E-state index contributed by atoms with van der Waals surface area (Å²) in [7, 11) is -2.71. The van der Waals surface area contributed by atoms with Crippen molar-refractivity contribution < 1.29 is 23.6 Å². The van der Waals surface area contributed by atoms with Gasteiger partial charge in [0.15, 0.2) is 5.75 Å². The lowest BCUT2D eigenvalue weighted by atomic mass is 10.3. The Labute approximate surface area is 110 Å². The number of aromatic hydroxyl groups is 1. The SMILES string of the molecule is CC(CO)N(C)S(=O)(=O)c1ccc(O)c([N+](=O)[O-])c1. The van der Waals surface area contributed by atoms with E-state index in [1.54, 1.807) is 0 Å². The molecule has 0 heterocycles. The monoisotopic (exact) mass is 290 g/mol. The van der Waals surface area contributed by atoms with Gasteiger partial charge in [0, 0.05) is 19.2 Å². The Morgan fingerprint density at radius 2 is 2.05 bits per heavy atom. The largest absolute Gasteiger partial charge is 0.502 e. The van der Waals surface area contributed by atoms with Crippen LogP contribution in [-0.4, -0.2) is 47.6 Å². The van der Waals surface area contributed by atoms with Crippen molar-refractivity contribution in [3.8, 4) is 5.75 Å². The average molecular weight is 290 g/mol. The van der Waals surface area contributed by atoms with Gasteiger partial charge in [-0.2, -0.15) is 4.31 Å². The normalized spacial score (nSPS) is 13.5. The molecule has 19 heavy (non-hydrogen) atoms. The molecular formula is C10H14N2O6S. The molecule has 0 radical (unpaired) electrons. The Hall–Kier alpha value is -1.71. The zero-order valence-electron chi connectivity index (χ0n) is 10.3. The van der Waals surface area contributed by atoms with Crippen LogP contribution in [0.15, 0.2) is 23.1 Å². The fourth-order valence-electron chi connectivity index (χ4n) is 1.33. The molecule has 1 aromatic rings. The third-order valence-corrected chi connectivity index (χ3v) is 4.67. The third-order valence-electron chi connectivity index (χ3n) is 2.71. The van der Waals surface area contributed by atoms with Crippen LogP contribution < -0.4 is 0 Å². The second-order valence-corrected chi connectivity index (χ2v) is 5.96. The van der Waals surface area contributed by atoms with Gasteiger partial charge in [-0.15, -0.1) is 0 Å². The fourth-order valence-corrected chi connectivity index (χ4v) is 2.70. The van der Waals surface area contributed by atoms with Crippen LogP contribution in [0.25, 0.3) is 0 Å². The molecular weight excluding hydrogens is 276 g/mol. The molecule has 1 unspecified atom stereocenters. The molecule has 0 aliphatic carbocycles. The first-order valence-electron chi connectivity index (χ1n) is 5.28. The number of nitrogens with zero attached hydrogens (tertiary/aromatic N) is 2. The van der Waals surface area contributed by atoms with Crippen molar-refractivity contribution in [2.24, 2.45) is 0 Å². The maximum absolute atomic E-state index is 12.1. The van der Waals surface area contributed by atoms with Crippen LogP contribution in [0.3, 0.4) is 0 Å². The zero-order chi connectivity index (χ0) is 14.8. The van der Waals surface area contributed by atoms with Gasteiger partial charge < -0.3 is 10.2 Å². The quantitative estimate of drug-likeness (QED) is 0.594. The minimum Gasteiger partial charge on any atom is -0.502 e. The number of benzene rings is 1. The highest BCUT2D eigenvalue weighted by Crippen LogP contribution is 2.29. The number of aliphatic hydroxyl groups is 1. The van der Waals surface area contributed by atoms with Gasteiger partial charge in [-0.1, -0.05) is 0 Å². The molecule has 0 spiro atoms. The summed E-state index contributed by atoms with van der Waals surface area (Å²) in [6.45, 7) is 1.11. The number of phenols is 1. The first kappa shape index (κ1) is 15.3. The van der Waals surface area contributed by atoms with E-state index in [2.05, 4.69) is 0 Å². The lowest BCUT2D eigenvalue weighted by Gasteiger charge is -2.22. The lowest BCUT2D eigenvalue weighted by Crippen LogP contribution is -2.37. The van der Waals surface area contributed by atoms with Crippen LogP contribution >= 0.6 is 0 Å². The first-order valence-corrected chi connectivity index (χ1v) is 6.72. The van der Waals surface area contributed by atoms with E-state index in [4.69, 9.17) is 5.11 Å². The Bertz CT molecular complexity index is 586. The molecule has 1 atom stereocenters. The predicted molar refractivity (Wildman–Crippen MR) is 66.3 cm³/mol. The summed E-state index contributed by atoms with van der Waals surface area (Å²) >= 11 is 0. The smallest absolute Gasteiger partial charge is 0.312 e. The Morgan fingerprint density at radius 1 is 1.47 bits per heavy atom. The van der Waals surface area contributed by atoms with E-state index in [1.165, 1.54) is 14.0 Å². The molecule has 0 aliphatic rings. The molecule has 1 aromatic carbocycles. The van der Waals surface area contributed by atoms with E-state index in [-0.39, 0.29) is 11.5 Å². The number of likely N-dealkylation sites (N-methyl/N-ethyl adjacent to an activating group) is 1. The Kier molecular flexibility index (Phi) is 4.45. The van der Waals surface area contributed by atoms with E-state index in [0.29, 0.717) is 0 Å². The van der Waals surface area contributed by atoms with Crippen molar-refractivity contribution in [2.45, 2.75) is 17.9 Å². The number of nitro benzene ring substituents is 1. The molecule has 0 bridgehead atoms. The number of rotatable bonds is 5. The molecule has 106 valence electrons. The molecule has 8 nitrogen and oxygen atoms in total. The fraction of sp³-hybridized carbons (Fsp3) is 0.400. The van der Waals surface area contributed by atoms with Crippen molar-refractivity contribution in [1.29, 1.82) is 0 Å². The standard InChI is InChI=1S/C10H14N2O6S/c1-7(6-13)11(2)19(17,18)8-3-4-10(14)9(5-8)12(15)16/h3-5,7,13-14H,6H2,1-2H3. The van der Waals surface area contributed by atoms with Gasteiger partial charge in [0.2, 0.25) is 10.0 Å². The second kappa shape index (κ2) is 5.51. The topological polar surface area (TPSA) is 121 Å². The number of phenolic OH excluding ortho intramolecular Hbond substituents is 1. The van der Waals surface area contributed by atoms with Crippen LogP contribution in [-0.2, 0) is 10.0 Å². The van der Waals surface area contributed by atoms with Crippen molar-refractivity contribution in [2.75, 3.05) is 13.7 Å². The number of hydrogen-bond donors (Lipinski definition) is 2. The van der Waals surface area contributed by atoms with E-state index in [0.717, 1.165) is 22.5 Å². The first-order chi connectivity index (χ1) is 8.71. The van der Waals surface area contributed by atoms with Gasteiger partial charge >= 0.3 is 5.69 Å². The average Bonchev–Trinajstić information content (AvgIpc) is 2.36. The van der Waals surface area contributed by atoms with E-state index in [9.17, 15) is 23.6 Å². The zero-order valence-corrected chi connectivity index (χ0v) is 11.2. The molecule has 0 amide bonds. The maximum Gasteiger partial charge on any atom is 0.312 e. The van der Waals surface area contributed by atoms with Crippen molar-refractivity contribution in [3.05, 3.63) is 28.3 Å². The molecule has 9 heteroatoms. The van der Waals surface area contributed by atoms with Crippen LogP contribution in [0.4, 0.5) is 5.69 Å².